The number of hydrogen-bond donors (Lipinski definition) is 0. The van der Waals surface area contributed by atoms with Gasteiger partial charge in [0.15, 0.2) is 0 Å². The maximum absolute atomic E-state index is 9.63. The molecule has 0 saturated carbocycles. The van der Waals surface area contributed by atoms with E-state index in [1.165, 1.54) is 0 Å². The van der Waals surface area contributed by atoms with E-state index in [0.717, 1.165) is 0 Å². The van der Waals surface area contributed by atoms with Gasteiger partial charge in [0.05, 0.1) is 7.80 Å². The first-order valence-electron chi connectivity index (χ1n) is 1.20. The molecule has 0 rings (SSSR count). The van der Waals surface area contributed by atoms with E-state index in [9.17, 15) is 4.57 Å². The summed E-state index contributed by atoms with van der Waals surface area (Å²) >= 11 is 0. The maximum Gasteiger partial charge on any atom is 0.0703 e. The normalized spacial score (nSPS) is 7.00. The van der Waals surface area contributed by atoms with E-state index in [4.69, 9.17) is 0 Å². The van der Waals surface area contributed by atoms with E-state index in [0.29, 0.717) is 0 Å². The van der Waals surface area contributed by atoms with Gasteiger partial charge in [-0.2, -0.15) is 0 Å². The smallest absolute Gasteiger partial charge is 0.0703 e. The first kappa shape index (κ1) is 9.59. The Labute approximate surface area is 58.2 Å². The third-order valence-corrected chi connectivity index (χ3v) is 0. The van der Waals surface area contributed by atoms with Gasteiger partial charge >= 0.3 is 0 Å². The summed E-state index contributed by atoms with van der Waals surface area (Å²) in [5.74, 6) is 0. The van der Waals surface area contributed by atoms with Gasteiger partial charge in [-0.15, -0.1) is 0 Å². The molecule has 0 aliphatic carbocycles. The Kier molecular flexibility index (Phi) is 10.2. The van der Waals surface area contributed by atoms with Crippen molar-refractivity contribution in [3.05, 3.63) is 0 Å². The Bertz CT molecular complexity index is 32.6. The molecule has 1 radical (unpaired) electrons. The molecule has 0 fully saturated rings. The number of rotatable bonds is 0. The minimum absolute atomic E-state index is 0. The summed E-state index contributed by atoms with van der Waals surface area (Å²) in [5.41, 5.74) is 0. The minimum Gasteiger partial charge on any atom is -0.327 e. The molecule has 0 N–H and O–H groups in total. The van der Waals surface area contributed by atoms with Crippen LogP contribution in [-0.4, -0.2) is 13.3 Å². The molecular formula is C2H7OPY. The van der Waals surface area contributed by atoms with Crippen LogP contribution in [0, 0.1) is 0 Å². The quantitative estimate of drug-likeness (QED) is 0.487. The van der Waals surface area contributed by atoms with Gasteiger partial charge in [0, 0.05) is 32.7 Å². The second-order valence-electron chi connectivity index (χ2n) is 0.908. The largest absolute Gasteiger partial charge is 0.327 e. The van der Waals surface area contributed by atoms with E-state index >= 15 is 0 Å². The van der Waals surface area contributed by atoms with Gasteiger partial charge < -0.3 is 4.57 Å². The van der Waals surface area contributed by atoms with E-state index in [1.807, 2.05) is 0 Å². The topological polar surface area (TPSA) is 17.1 Å². The second kappa shape index (κ2) is 5.33. The van der Waals surface area contributed by atoms with Gasteiger partial charge in [0.1, 0.15) is 0 Å². The van der Waals surface area contributed by atoms with Crippen LogP contribution in [0.4, 0.5) is 0 Å². The molecule has 0 heterocycles. The first-order valence-corrected chi connectivity index (χ1v) is 3.61. The standard InChI is InChI=1S/C2H7OP.Y/c1-4(2)3;/h4H,1-2H3;. The summed E-state index contributed by atoms with van der Waals surface area (Å²) in [6.07, 6.45) is 0. The van der Waals surface area contributed by atoms with Crippen LogP contribution in [0.2, 0.25) is 0 Å². The molecule has 0 unspecified atom stereocenters. The molecule has 0 spiro atoms. The molecule has 0 aromatic carbocycles. The molecule has 0 saturated heterocycles. The average molecular weight is 167 g/mol. The monoisotopic (exact) mass is 167 g/mol. The van der Waals surface area contributed by atoms with Crippen molar-refractivity contribution < 1.29 is 37.3 Å². The Morgan fingerprint density at radius 3 is 1.40 bits per heavy atom. The Balaban J connectivity index is 0. The molecule has 0 aromatic rings. The SMILES string of the molecule is C[PH](C)=O.[Y]. The summed E-state index contributed by atoms with van der Waals surface area (Å²) in [6, 6.07) is 0. The molecule has 29 valence electrons. The van der Waals surface area contributed by atoms with Gasteiger partial charge in [0.2, 0.25) is 0 Å². The van der Waals surface area contributed by atoms with Crippen LogP contribution in [0.25, 0.3) is 0 Å². The Morgan fingerprint density at radius 1 is 1.40 bits per heavy atom. The van der Waals surface area contributed by atoms with Crippen LogP contribution in [-0.2, 0) is 37.3 Å². The van der Waals surface area contributed by atoms with Crippen LogP contribution < -0.4 is 0 Å². The maximum atomic E-state index is 9.63. The number of hydrogen-bond acceptors (Lipinski definition) is 1. The zero-order valence-electron chi connectivity index (χ0n) is 3.49. The van der Waals surface area contributed by atoms with Crippen molar-refractivity contribution >= 4 is 7.80 Å². The molecule has 0 bridgehead atoms. The Morgan fingerprint density at radius 2 is 1.40 bits per heavy atom. The predicted octanol–water partition coefficient (Wildman–Crippen LogP) is 0.803. The molecule has 3 heteroatoms. The van der Waals surface area contributed by atoms with Crippen LogP contribution in [0.1, 0.15) is 0 Å². The summed E-state index contributed by atoms with van der Waals surface area (Å²) in [6.45, 7) is 3.43. The second-order valence-corrected chi connectivity index (χ2v) is 2.72. The van der Waals surface area contributed by atoms with E-state index in [-0.39, 0.29) is 32.7 Å². The minimum atomic E-state index is -1.13. The Hall–Kier alpha value is 1.33. The van der Waals surface area contributed by atoms with Gasteiger partial charge in [-0.3, -0.25) is 0 Å². The zero-order chi connectivity index (χ0) is 3.58. The fourth-order valence-electron chi connectivity index (χ4n) is 0. The molecule has 5 heavy (non-hydrogen) atoms. The molecular weight excluding hydrogens is 160 g/mol. The molecule has 1 nitrogen and oxygen atoms in total. The summed E-state index contributed by atoms with van der Waals surface area (Å²) < 4.78 is 9.63. The van der Waals surface area contributed by atoms with Crippen LogP contribution >= 0.6 is 7.80 Å². The zero-order valence-corrected chi connectivity index (χ0v) is 7.32. The van der Waals surface area contributed by atoms with Crippen molar-refractivity contribution in [3.8, 4) is 0 Å². The third kappa shape index (κ3) is 33.3. The average Bonchev–Trinajstić information content (AvgIpc) is 0.811. The van der Waals surface area contributed by atoms with E-state index in [2.05, 4.69) is 0 Å². The van der Waals surface area contributed by atoms with E-state index in [1.54, 1.807) is 13.3 Å². The summed E-state index contributed by atoms with van der Waals surface area (Å²) in [7, 11) is -1.13. The first-order chi connectivity index (χ1) is 1.73. The summed E-state index contributed by atoms with van der Waals surface area (Å²) in [5, 5.41) is 0. The predicted molar refractivity (Wildman–Crippen MR) is 20.8 cm³/mol. The van der Waals surface area contributed by atoms with Crippen molar-refractivity contribution in [1.82, 2.24) is 0 Å². The van der Waals surface area contributed by atoms with Gasteiger partial charge in [-0.1, -0.05) is 0 Å². The van der Waals surface area contributed by atoms with Crippen molar-refractivity contribution in [1.29, 1.82) is 0 Å². The summed E-state index contributed by atoms with van der Waals surface area (Å²) in [4.78, 5) is 0. The molecule has 0 amide bonds. The molecule has 0 atom stereocenters. The van der Waals surface area contributed by atoms with Crippen molar-refractivity contribution in [2.45, 2.75) is 0 Å². The molecule has 0 aliphatic heterocycles. The van der Waals surface area contributed by atoms with Gasteiger partial charge in [-0.25, -0.2) is 0 Å². The van der Waals surface area contributed by atoms with Crippen LogP contribution in [0.15, 0.2) is 0 Å². The van der Waals surface area contributed by atoms with Gasteiger partial charge in [0.25, 0.3) is 0 Å². The van der Waals surface area contributed by atoms with Crippen molar-refractivity contribution in [2.75, 3.05) is 13.3 Å². The fourth-order valence-corrected chi connectivity index (χ4v) is 0. The molecule has 0 aromatic heterocycles. The van der Waals surface area contributed by atoms with Crippen LogP contribution in [0.3, 0.4) is 0 Å². The van der Waals surface area contributed by atoms with Gasteiger partial charge in [-0.05, 0) is 13.3 Å². The van der Waals surface area contributed by atoms with Crippen LogP contribution in [0.5, 0.6) is 0 Å². The molecule has 0 aliphatic rings. The van der Waals surface area contributed by atoms with Crippen molar-refractivity contribution in [2.24, 2.45) is 0 Å². The third-order valence-electron chi connectivity index (χ3n) is 0. The van der Waals surface area contributed by atoms with Crippen molar-refractivity contribution in [3.63, 3.8) is 0 Å². The fraction of sp³-hybridized carbons (Fsp3) is 1.00. The van der Waals surface area contributed by atoms with E-state index < -0.39 is 7.80 Å².